The summed E-state index contributed by atoms with van der Waals surface area (Å²) < 4.78 is 11.3. The first-order valence-corrected chi connectivity index (χ1v) is 17.8. The standard InChI is InChI=1S/C35H69NO5/c1-4-7-10-12-16-20-25-33(26-21-17-13-11-8-5-2)41-35(39)32-36(29-30-37)28-23-19-15-14-18-22-27-34(38)40-31-24-9-6-3/h33,37H,4-32H2,1-3H3. The van der Waals surface area contributed by atoms with Gasteiger partial charge < -0.3 is 14.6 Å². The Balaban J connectivity index is 4.25. The zero-order valence-corrected chi connectivity index (χ0v) is 27.6. The minimum atomic E-state index is -0.137. The zero-order valence-electron chi connectivity index (χ0n) is 27.6. The van der Waals surface area contributed by atoms with Crippen molar-refractivity contribution in [3.8, 4) is 0 Å². The fraction of sp³-hybridized carbons (Fsp3) is 0.943. The van der Waals surface area contributed by atoms with Crippen LogP contribution in [0.25, 0.3) is 0 Å². The van der Waals surface area contributed by atoms with Crippen LogP contribution in [0.5, 0.6) is 0 Å². The molecule has 0 aromatic carbocycles. The van der Waals surface area contributed by atoms with E-state index in [9.17, 15) is 14.7 Å². The maximum absolute atomic E-state index is 12.9. The van der Waals surface area contributed by atoms with Crippen molar-refractivity contribution >= 4 is 11.9 Å². The van der Waals surface area contributed by atoms with Crippen LogP contribution in [0, 0.1) is 0 Å². The van der Waals surface area contributed by atoms with Crippen LogP contribution in [-0.2, 0) is 19.1 Å². The molecule has 0 spiro atoms. The van der Waals surface area contributed by atoms with Gasteiger partial charge in [-0.25, -0.2) is 0 Å². The molecule has 0 aliphatic heterocycles. The van der Waals surface area contributed by atoms with Gasteiger partial charge in [-0.1, -0.05) is 124 Å². The number of nitrogens with zero attached hydrogens (tertiary/aromatic N) is 1. The molecule has 0 saturated heterocycles. The number of hydrogen-bond acceptors (Lipinski definition) is 6. The fourth-order valence-corrected chi connectivity index (χ4v) is 5.31. The highest BCUT2D eigenvalue weighted by atomic mass is 16.5. The Bertz CT molecular complexity index is 555. The lowest BCUT2D eigenvalue weighted by molar-refractivity contribution is -0.151. The Hall–Kier alpha value is -1.14. The van der Waals surface area contributed by atoms with Crippen molar-refractivity contribution in [3.05, 3.63) is 0 Å². The third kappa shape index (κ3) is 28.7. The number of ether oxygens (including phenoxy) is 2. The Morgan fingerprint density at radius 3 is 1.63 bits per heavy atom. The Labute approximate surface area is 254 Å². The number of rotatable bonds is 32. The molecule has 0 aromatic heterocycles. The van der Waals surface area contributed by atoms with Crippen LogP contribution in [0.3, 0.4) is 0 Å². The minimum absolute atomic E-state index is 0.0319. The number of aliphatic hydroxyl groups is 1. The first-order valence-electron chi connectivity index (χ1n) is 17.8. The first kappa shape index (κ1) is 39.9. The molecule has 0 fully saturated rings. The van der Waals surface area contributed by atoms with E-state index in [1.165, 1.54) is 64.2 Å². The largest absolute Gasteiger partial charge is 0.466 e. The van der Waals surface area contributed by atoms with E-state index >= 15 is 0 Å². The number of aliphatic hydroxyl groups excluding tert-OH is 1. The van der Waals surface area contributed by atoms with E-state index in [-0.39, 0.29) is 31.2 Å². The SMILES string of the molecule is CCCCCCCCC(CCCCCCCC)OC(=O)CN(CCO)CCCCCCCCC(=O)OCCCCC. The Kier molecular flexibility index (Phi) is 30.9. The van der Waals surface area contributed by atoms with Crippen molar-refractivity contribution in [3.63, 3.8) is 0 Å². The highest BCUT2D eigenvalue weighted by molar-refractivity contribution is 5.71. The van der Waals surface area contributed by atoms with E-state index in [0.717, 1.165) is 90.0 Å². The first-order chi connectivity index (χ1) is 20.1. The summed E-state index contributed by atoms with van der Waals surface area (Å²) in [6.45, 7) is 8.83. The molecular weight excluding hydrogens is 514 g/mol. The summed E-state index contributed by atoms with van der Waals surface area (Å²) in [7, 11) is 0. The molecular formula is C35H69NO5. The van der Waals surface area contributed by atoms with Crippen LogP contribution in [0.15, 0.2) is 0 Å². The molecule has 0 radical (unpaired) electrons. The van der Waals surface area contributed by atoms with Crippen molar-refractivity contribution < 1.29 is 24.2 Å². The number of hydrogen-bond donors (Lipinski definition) is 1. The van der Waals surface area contributed by atoms with E-state index in [1.807, 2.05) is 4.90 Å². The maximum Gasteiger partial charge on any atom is 0.320 e. The molecule has 0 rings (SSSR count). The van der Waals surface area contributed by atoms with Gasteiger partial charge in [0.1, 0.15) is 6.10 Å². The zero-order chi connectivity index (χ0) is 30.2. The van der Waals surface area contributed by atoms with Gasteiger partial charge >= 0.3 is 11.9 Å². The molecule has 0 heterocycles. The number of carbonyl (C=O) groups is 2. The molecule has 0 aromatic rings. The number of carbonyl (C=O) groups excluding carboxylic acids is 2. The molecule has 6 heteroatoms. The number of esters is 2. The fourth-order valence-electron chi connectivity index (χ4n) is 5.31. The van der Waals surface area contributed by atoms with E-state index in [4.69, 9.17) is 9.47 Å². The summed E-state index contributed by atoms with van der Waals surface area (Å²) in [4.78, 5) is 26.7. The van der Waals surface area contributed by atoms with Crippen molar-refractivity contribution in [1.82, 2.24) is 4.90 Å². The smallest absolute Gasteiger partial charge is 0.320 e. The van der Waals surface area contributed by atoms with Gasteiger partial charge in [0, 0.05) is 13.0 Å². The maximum atomic E-state index is 12.9. The second kappa shape index (κ2) is 31.8. The molecule has 0 aliphatic carbocycles. The van der Waals surface area contributed by atoms with Gasteiger partial charge in [-0.15, -0.1) is 0 Å². The molecule has 6 nitrogen and oxygen atoms in total. The summed E-state index contributed by atoms with van der Waals surface area (Å²) in [5.41, 5.74) is 0. The lowest BCUT2D eigenvalue weighted by Gasteiger charge is -2.23. The van der Waals surface area contributed by atoms with E-state index in [1.54, 1.807) is 0 Å². The average Bonchev–Trinajstić information content (AvgIpc) is 2.96. The molecule has 0 unspecified atom stereocenters. The molecule has 0 bridgehead atoms. The molecule has 0 amide bonds. The number of unbranched alkanes of at least 4 members (excludes halogenated alkanes) is 17. The summed E-state index contributed by atoms with van der Waals surface area (Å²) in [5.74, 6) is -0.198. The van der Waals surface area contributed by atoms with Crippen molar-refractivity contribution in [2.45, 2.75) is 181 Å². The van der Waals surface area contributed by atoms with Crippen molar-refractivity contribution in [2.24, 2.45) is 0 Å². The third-order valence-electron chi connectivity index (χ3n) is 7.94. The third-order valence-corrected chi connectivity index (χ3v) is 7.94. The quantitative estimate of drug-likeness (QED) is 0.0628. The summed E-state index contributed by atoms with van der Waals surface area (Å²) in [5, 5.41) is 9.53. The Morgan fingerprint density at radius 1 is 0.585 bits per heavy atom. The summed E-state index contributed by atoms with van der Waals surface area (Å²) >= 11 is 0. The lowest BCUT2D eigenvalue weighted by Crippen LogP contribution is -2.35. The second-order valence-corrected chi connectivity index (χ2v) is 12.0. The van der Waals surface area contributed by atoms with Crippen LogP contribution in [-0.4, -0.2) is 60.9 Å². The Morgan fingerprint density at radius 2 is 1.07 bits per heavy atom. The second-order valence-electron chi connectivity index (χ2n) is 12.0. The predicted molar refractivity (Wildman–Crippen MR) is 172 cm³/mol. The van der Waals surface area contributed by atoms with Gasteiger partial charge in [-0.05, 0) is 51.5 Å². The van der Waals surface area contributed by atoms with Gasteiger partial charge in [-0.3, -0.25) is 14.5 Å². The van der Waals surface area contributed by atoms with E-state index in [0.29, 0.717) is 19.6 Å². The van der Waals surface area contributed by atoms with Crippen LogP contribution in [0.4, 0.5) is 0 Å². The van der Waals surface area contributed by atoms with Crippen molar-refractivity contribution in [1.29, 1.82) is 0 Å². The van der Waals surface area contributed by atoms with Gasteiger partial charge in [0.2, 0.25) is 0 Å². The molecule has 244 valence electrons. The average molecular weight is 584 g/mol. The molecule has 41 heavy (non-hydrogen) atoms. The normalized spacial score (nSPS) is 11.5. The van der Waals surface area contributed by atoms with Crippen LogP contribution in [0.2, 0.25) is 0 Å². The minimum Gasteiger partial charge on any atom is -0.466 e. The summed E-state index contributed by atoms with van der Waals surface area (Å²) in [6, 6.07) is 0. The monoisotopic (exact) mass is 584 g/mol. The molecule has 1 N–H and O–H groups in total. The van der Waals surface area contributed by atoms with E-state index < -0.39 is 0 Å². The van der Waals surface area contributed by atoms with Crippen molar-refractivity contribution in [2.75, 3.05) is 32.8 Å². The highest BCUT2D eigenvalue weighted by Crippen LogP contribution is 2.17. The van der Waals surface area contributed by atoms with Crippen LogP contribution in [0.1, 0.15) is 175 Å². The molecule has 0 atom stereocenters. The highest BCUT2D eigenvalue weighted by Gasteiger charge is 2.17. The van der Waals surface area contributed by atoms with Gasteiger partial charge in [0.05, 0.1) is 19.8 Å². The predicted octanol–water partition coefficient (Wildman–Crippen LogP) is 9.16. The van der Waals surface area contributed by atoms with Crippen LogP contribution < -0.4 is 0 Å². The lowest BCUT2D eigenvalue weighted by atomic mass is 10.0. The van der Waals surface area contributed by atoms with Crippen LogP contribution >= 0.6 is 0 Å². The molecule has 0 aliphatic rings. The topological polar surface area (TPSA) is 76.1 Å². The van der Waals surface area contributed by atoms with Gasteiger partial charge in [0.25, 0.3) is 0 Å². The summed E-state index contributed by atoms with van der Waals surface area (Å²) in [6.07, 6.45) is 27.1. The van der Waals surface area contributed by atoms with Gasteiger partial charge in [-0.2, -0.15) is 0 Å². The molecule has 0 saturated carbocycles. The van der Waals surface area contributed by atoms with E-state index in [2.05, 4.69) is 20.8 Å². The van der Waals surface area contributed by atoms with Gasteiger partial charge in [0.15, 0.2) is 0 Å².